The van der Waals surface area contributed by atoms with E-state index in [1.807, 2.05) is 24.6 Å². The fraction of sp³-hybridized carbons (Fsp3) is 0.500. The third-order valence-corrected chi connectivity index (χ3v) is 2.27. The van der Waals surface area contributed by atoms with E-state index in [0.717, 1.165) is 5.82 Å². The van der Waals surface area contributed by atoms with Crippen molar-refractivity contribution >= 4 is 0 Å². The lowest BCUT2D eigenvalue weighted by Gasteiger charge is -2.01. The van der Waals surface area contributed by atoms with Gasteiger partial charge in [0, 0.05) is 18.3 Å². The molecule has 2 aromatic rings. The van der Waals surface area contributed by atoms with Crippen LogP contribution >= 0.6 is 0 Å². The first-order valence-corrected chi connectivity index (χ1v) is 5.23. The number of hydrogen-bond acceptors (Lipinski definition) is 5. The molecule has 16 heavy (non-hydrogen) atoms. The van der Waals surface area contributed by atoms with Gasteiger partial charge in [-0.3, -0.25) is 0 Å². The molecule has 0 aromatic carbocycles. The van der Waals surface area contributed by atoms with E-state index >= 15 is 0 Å². The SMILES string of the molecule is CC(C)c1nc(Cn2ccnc2CN)no1. The molecule has 0 unspecified atom stereocenters. The zero-order chi connectivity index (χ0) is 11.5. The highest BCUT2D eigenvalue weighted by molar-refractivity contribution is 4.97. The van der Waals surface area contributed by atoms with E-state index in [-0.39, 0.29) is 5.92 Å². The standard InChI is InChI=1S/C10H15N5O/c1-7(2)10-13-8(14-16-10)6-15-4-3-12-9(15)5-11/h3-4,7H,5-6,11H2,1-2H3. The highest BCUT2D eigenvalue weighted by Gasteiger charge is 2.11. The Labute approximate surface area is 93.5 Å². The molecule has 0 aliphatic heterocycles. The van der Waals surface area contributed by atoms with Gasteiger partial charge in [-0.15, -0.1) is 0 Å². The van der Waals surface area contributed by atoms with Gasteiger partial charge in [-0.25, -0.2) is 4.98 Å². The van der Waals surface area contributed by atoms with Crippen LogP contribution in [0.15, 0.2) is 16.9 Å². The summed E-state index contributed by atoms with van der Waals surface area (Å²) in [7, 11) is 0. The van der Waals surface area contributed by atoms with Crippen molar-refractivity contribution in [3.63, 3.8) is 0 Å². The summed E-state index contributed by atoms with van der Waals surface area (Å²) in [5, 5.41) is 3.91. The van der Waals surface area contributed by atoms with Crippen molar-refractivity contribution in [3.8, 4) is 0 Å². The third-order valence-electron chi connectivity index (χ3n) is 2.27. The molecule has 0 fully saturated rings. The molecule has 6 nitrogen and oxygen atoms in total. The van der Waals surface area contributed by atoms with Crippen LogP contribution < -0.4 is 5.73 Å². The van der Waals surface area contributed by atoms with Gasteiger partial charge in [0.1, 0.15) is 5.82 Å². The zero-order valence-electron chi connectivity index (χ0n) is 9.42. The normalized spacial score (nSPS) is 11.2. The molecule has 0 aliphatic carbocycles. The molecule has 0 atom stereocenters. The number of aromatic nitrogens is 4. The summed E-state index contributed by atoms with van der Waals surface area (Å²) >= 11 is 0. The molecule has 6 heteroatoms. The van der Waals surface area contributed by atoms with Crippen molar-refractivity contribution in [1.82, 2.24) is 19.7 Å². The van der Waals surface area contributed by atoms with Crippen LogP contribution in [0.3, 0.4) is 0 Å². The summed E-state index contributed by atoms with van der Waals surface area (Å²) in [6, 6.07) is 0. The van der Waals surface area contributed by atoms with Crippen molar-refractivity contribution in [2.75, 3.05) is 0 Å². The minimum atomic E-state index is 0.248. The maximum absolute atomic E-state index is 5.55. The molecule has 0 radical (unpaired) electrons. The summed E-state index contributed by atoms with van der Waals surface area (Å²) < 4.78 is 7.03. The van der Waals surface area contributed by atoms with E-state index in [1.165, 1.54) is 0 Å². The molecule has 0 saturated carbocycles. The molecule has 0 spiro atoms. The van der Waals surface area contributed by atoms with E-state index in [1.54, 1.807) is 6.20 Å². The lowest BCUT2D eigenvalue weighted by Crippen LogP contribution is -2.09. The number of nitrogens with two attached hydrogens (primary N) is 1. The van der Waals surface area contributed by atoms with E-state index < -0.39 is 0 Å². The van der Waals surface area contributed by atoms with Crippen molar-refractivity contribution in [2.24, 2.45) is 5.73 Å². The average Bonchev–Trinajstić information content (AvgIpc) is 2.87. The first-order chi connectivity index (χ1) is 7.70. The van der Waals surface area contributed by atoms with Gasteiger partial charge in [0.2, 0.25) is 5.89 Å². The maximum Gasteiger partial charge on any atom is 0.229 e. The molecule has 0 bridgehead atoms. The Morgan fingerprint density at radius 2 is 2.31 bits per heavy atom. The van der Waals surface area contributed by atoms with E-state index in [0.29, 0.717) is 24.8 Å². The van der Waals surface area contributed by atoms with Gasteiger partial charge < -0.3 is 14.8 Å². The maximum atomic E-state index is 5.55. The molecule has 86 valence electrons. The second kappa shape index (κ2) is 4.44. The summed E-state index contributed by atoms with van der Waals surface area (Å²) in [5.41, 5.74) is 5.55. The smallest absolute Gasteiger partial charge is 0.229 e. The highest BCUT2D eigenvalue weighted by atomic mass is 16.5. The first-order valence-electron chi connectivity index (χ1n) is 5.23. The molecule has 0 amide bonds. The Morgan fingerprint density at radius 3 is 2.94 bits per heavy atom. The summed E-state index contributed by atoms with van der Waals surface area (Å²) in [5.74, 6) is 2.37. The van der Waals surface area contributed by atoms with E-state index in [9.17, 15) is 0 Å². The molecule has 2 N–H and O–H groups in total. The van der Waals surface area contributed by atoms with Gasteiger partial charge >= 0.3 is 0 Å². The highest BCUT2D eigenvalue weighted by Crippen LogP contribution is 2.11. The van der Waals surface area contributed by atoms with Crippen molar-refractivity contribution < 1.29 is 4.52 Å². The Bertz CT molecular complexity index is 459. The van der Waals surface area contributed by atoms with Crippen LogP contribution in [0.5, 0.6) is 0 Å². The van der Waals surface area contributed by atoms with Crippen LogP contribution in [0.1, 0.15) is 37.3 Å². The third kappa shape index (κ3) is 2.11. The van der Waals surface area contributed by atoms with Crippen LogP contribution in [-0.2, 0) is 13.1 Å². The van der Waals surface area contributed by atoms with Gasteiger partial charge in [0.25, 0.3) is 0 Å². The zero-order valence-corrected chi connectivity index (χ0v) is 9.42. The topological polar surface area (TPSA) is 82.8 Å². The Kier molecular flexibility index (Phi) is 3.00. The Hall–Kier alpha value is -1.69. The molecular weight excluding hydrogens is 206 g/mol. The molecule has 2 rings (SSSR count). The summed E-state index contributed by atoms with van der Waals surface area (Å²) in [6.07, 6.45) is 3.57. The van der Waals surface area contributed by atoms with Crippen LogP contribution in [0.25, 0.3) is 0 Å². The minimum absolute atomic E-state index is 0.248. The fourth-order valence-electron chi connectivity index (χ4n) is 1.39. The van der Waals surface area contributed by atoms with Gasteiger partial charge in [0.05, 0.1) is 13.1 Å². The van der Waals surface area contributed by atoms with Crippen LogP contribution in [0, 0.1) is 0 Å². The lowest BCUT2D eigenvalue weighted by atomic mass is 10.2. The van der Waals surface area contributed by atoms with Gasteiger partial charge in [-0.2, -0.15) is 4.98 Å². The summed E-state index contributed by atoms with van der Waals surface area (Å²) in [4.78, 5) is 8.42. The summed E-state index contributed by atoms with van der Waals surface area (Å²) in [6.45, 7) is 4.98. The fourth-order valence-corrected chi connectivity index (χ4v) is 1.39. The van der Waals surface area contributed by atoms with E-state index in [2.05, 4.69) is 15.1 Å². The van der Waals surface area contributed by atoms with Gasteiger partial charge in [-0.05, 0) is 0 Å². The predicted molar refractivity (Wildman–Crippen MR) is 57.6 cm³/mol. The number of nitrogens with zero attached hydrogens (tertiary/aromatic N) is 4. The second-order valence-corrected chi connectivity index (χ2v) is 3.88. The number of rotatable bonds is 4. The largest absolute Gasteiger partial charge is 0.339 e. The molecule has 2 aromatic heterocycles. The number of hydrogen-bond donors (Lipinski definition) is 1. The minimum Gasteiger partial charge on any atom is -0.339 e. The van der Waals surface area contributed by atoms with Crippen LogP contribution in [-0.4, -0.2) is 19.7 Å². The quantitative estimate of drug-likeness (QED) is 0.829. The Balaban J connectivity index is 2.14. The second-order valence-electron chi connectivity index (χ2n) is 3.88. The Morgan fingerprint density at radius 1 is 1.50 bits per heavy atom. The molecule has 2 heterocycles. The van der Waals surface area contributed by atoms with Gasteiger partial charge in [-0.1, -0.05) is 19.0 Å². The van der Waals surface area contributed by atoms with E-state index in [4.69, 9.17) is 10.3 Å². The van der Waals surface area contributed by atoms with Crippen LogP contribution in [0.2, 0.25) is 0 Å². The molecule has 0 saturated heterocycles. The molecule has 0 aliphatic rings. The molecular formula is C10H15N5O. The van der Waals surface area contributed by atoms with Crippen molar-refractivity contribution in [1.29, 1.82) is 0 Å². The monoisotopic (exact) mass is 221 g/mol. The van der Waals surface area contributed by atoms with Crippen molar-refractivity contribution in [2.45, 2.75) is 32.9 Å². The van der Waals surface area contributed by atoms with Crippen LogP contribution in [0.4, 0.5) is 0 Å². The van der Waals surface area contributed by atoms with Crippen molar-refractivity contribution in [3.05, 3.63) is 29.9 Å². The predicted octanol–water partition coefficient (Wildman–Crippen LogP) is 0.897. The average molecular weight is 221 g/mol. The van der Waals surface area contributed by atoms with Gasteiger partial charge in [0.15, 0.2) is 5.82 Å². The lowest BCUT2D eigenvalue weighted by molar-refractivity contribution is 0.359. The number of imidazole rings is 1. The first kappa shape index (κ1) is 10.8.